The molecule has 1 amide bonds. The van der Waals surface area contributed by atoms with Crippen molar-refractivity contribution >= 4 is 33.2 Å². The number of nitro groups is 1. The molecule has 0 unspecified atom stereocenters. The van der Waals surface area contributed by atoms with Crippen molar-refractivity contribution < 1.29 is 9.72 Å². The Balaban J connectivity index is 2.36. The molecule has 0 saturated carbocycles. The predicted molar refractivity (Wildman–Crippen MR) is 70.1 cm³/mol. The highest BCUT2D eigenvalue weighted by atomic mass is 32.1. The summed E-state index contributed by atoms with van der Waals surface area (Å²) >= 11 is 0.985. The fourth-order valence-electron chi connectivity index (χ4n) is 1.54. The van der Waals surface area contributed by atoms with Crippen LogP contribution in [0.3, 0.4) is 0 Å². The van der Waals surface area contributed by atoms with Gasteiger partial charge in [0.1, 0.15) is 5.56 Å². The van der Waals surface area contributed by atoms with Gasteiger partial charge in [-0.15, -0.1) is 10.2 Å². The Labute approximate surface area is 111 Å². The maximum atomic E-state index is 12.1. The monoisotopic (exact) mass is 279 g/mol. The highest BCUT2D eigenvalue weighted by Crippen LogP contribution is 2.24. The number of aryl methyl sites for hydroxylation is 1. The summed E-state index contributed by atoms with van der Waals surface area (Å²) in [6.45, 7) is 1.62. The quantitative estimate of drug-likeness (QED) is 0.649. The number of hydrogen-bond acceptors (Lipinski definition) is 7. The third-order valence-corrected chi connectivity index (χ3v) is 3.00. The highest BCUT2D eigenvalue weighted by molar-refractivity contribution is 7.19. The van der Waals surface area contributed by atoms with Gasteiger partial charge in [0.25, 0.3) is 11.6 Å². The largest absolute Gasteiger partial charge is 0.374 e. The Bertz CT molecular complexity index is 654. The van der Waals surface area contributed by atoms with Crippen molar-refractivity contribution in [1.29, 1.82) is 0 Å². The van der Waals surface area contributed by atoms with Gasteiger partial charge in [-0.05, 0) is 12.5 Å². The van der Waals surface area contributed by atoms with Crippen LogP contribution >= 0.6 is 11.3 Å². The van der Waals surface area contributed by atoms with E-state index < -0.39 is 10.8 Å². The van der Waals surface area contributed by atoms with E-state index >= 15 is 0 Å². The van der Waals surface area contributed by atoms with Crippen LogP contribution in [0.5, 0.6) is 0 Å². The fraction of sp³-hybridized carbons (Fsp3) is 0.100. The van der Waals surface area contributed by atoms with Gasteiger partial charge in [-0.2, -0.15) is 0 Å². The minimum atomic E-state index is -0.610. The molecule has 1 aromatic carbocycles. The van der Waals surface area contributed by atoms with Crippen molar-refractivity contribution in [3.8, 4) is 0 Å². The maximum Gasteiger partial charge on any atom is 0.282 e. The molecular weight excluding hydrogens is 270 g/mol. The molecule has 0 saturated heterocycles. The van der Waals surface area contributed by atoms with Gasteiger partial charge in [-0.3, -0.25) is 20.2 Å². The van der Waals surface area contributed by atoms with Crippen molar-refractivity contribution in [1.82, 2.24) is 10.2 Å². The van der Waals surface area contributed by atoms with E-state index in [-0.39, 0.29) is 21.5 Å². The molecule has 2 rings (SSSR count). The summed E-state index contributed by atoms with van der Waals surface area (Å²) < 4.78 is 0. The number of hydrogen-bond donors (Lipinski definition) is 2. The topological polar surface area (TPSA) is 124 Å². The lowest BCUT2D eigenvalue weighted by atomic mass is 10.1. The molecule has 0 aliphatic carbocycles. The zero-order valence-corrected chi connectivity index (χ0v) is 10.6. The van der Waals surface area contributed by atoms with Gasteiger partial charge in [0.2, 0.25) is 10.3 Å². The first-order valence-electron chi connectivity index (χ1n) is 5.13. The molecule has 0 atom stereocenters. The van der Waals surface area contributed by atoms with E-state index in [1.807, 2.05) is 0 Å². The van der Waals surface area contributed by atoms with Crippen LogP contribution in [0.4, 0.5) is 16.0 Å². The molecule has 0 aliphatic rings. The van der Waals surface area contributed by atoms with E-state index in [1.54, 1.807) is 13.0 Å². The lowest BCUT2D eigenvalue weighted by Gasteiger charge is -2.05. The van der Waals surface area contributed by atoms with Gasteiger partial charge in [0.15, 0.2) is 0 Å². The van der Waals surface area contributed by atoms with Crippen LogP contribution in [0, 0.1) is 17.0 Å². The summed E-state index contributed by atoms with van der Waals surface area (Å²) in [5.74, 6) is -0.610. The third-order valence-electron chi connectivity index (χ3n) is 2.34. The first kappa shape index (κ1) is 12.9. The molecule has 1 aromatic heterocycles. The van der Waals surface area contributed by atoms with E-state index in [0.717, 1.165) is 11.3 Å². The van der Waals surface area contributed by atoms with Crippen LogP contribution < -0.4 is 11.1 Å². The van der Waals surface area contributed by atoms with Crippen LogP contribution in [0.1, 0.15) is 15.9 Å². The number of benzene rings is 1. The van der Waals surface area contributed by atoms with Crippen LogP contribution in [0.2, 0.25) is 0 Å². The Hall–Kier alpha value is -2.55. The van der Waals surface area contributed by atoms with Crippen molar-refractivity contribution in [2.45, 2.75) is 6.92 Å². The summed E-state index contributed by atoms with van der Waals surface area (Å²) in [5, 5.41) is 20.9. The van der Waals surface area contributed by atoms with Crippen molar-refractivity contribution in [3.05, 3.63) is 39.4 Å². The number of rotatable bonds is 3. The zero-order chi connectivity index (χ0) is 14.0. The van der Waals surface area contributed by atoms with E-state index in [1.165, 1.54) is 12.1 Å². The third kappa shape index (κ3) is 2.65. The number of aromatic nitrogens is 2. The van der Waals surface area contributed by atoms with Crippen LogP contribution in [-0.2, 0) is 0 Å². The maximum absolute atomic E-state index is 12.1. The summed E-state index contributed by atoms with van der Waals surface area (Å²) in [6.07, 6.45) is 0. The molecule has 8 nitrogen and oxygen atoms in total. The second-order valence-corrected chi connectivity index (χ2v) is 4.63. The van der Waals surface area contributed by atoms with E-state index in [9.17, 15) is 14.9 Å². The van der Waals surface area contributed by atoms with Gasteiger partial charge >= 0.3 is 0 Å². The Morgan fingerprint density at radius 1 is 1.47 bits per heavy atom. The smallest absolute Gasteiger partial charge is 0.282 e. The van der Waals surface area contributed by atoms with Gasteiger partial charge in [-0.1, -0.05) is 23.5 Å². The molecule has 19 heavy (non-hydrogen) atoms. The number of nitrogens with one attached hydrogen (secondary N) is 1. The number of nitrogens with two attached hydrogens (primary N) is 1. The molecule has 98 valence electrons. The van der Waals surface area contributed by atoms with Crippen LogP contribution in [0.25, 0.3) is 0 Å². The Morgan fingerprint density at radius 3 is 2.79 bits per heavy atom. The molecule has 0 aliphatic heterocycles. The number of carbonyl (C=O) groups excluding carboxylic acids is 1. The summed E-state index contributed by atoms with van der Waals surface area (Å²) in [4.78, 5) is 22.4. The van der Waals surface area contributed by atoms with E-state index in [0.29, 0.717) is 5.56 Å². The lowest BCUT2D eigenvalue weighted by molar-refractivity contribution is -0.385. The molecule has 0 bridgehead atoms. The minimum absolute atomic E-state index is 0.00118. The molecule has 1 heterocycles. The first-order valence-corrected chi connectivity index (χ1v) is 5.95. The van der Waals surface area contributed by atoms with Crippen LogP contribution in [0.15, 0.2) is 18.2 Å². The average molecular weight is 279 g/mol. The SMILES string of the molecule is Cc1cccc([N+](=O)[O-])c1C(=O)Nc1nnc(N)s1. The zero-order valence-electron chi connectivity index (χ0n) is 9.78. The molecule has 0 radical (unpaired) electrons. The standard InChI is InChI=1S/C10H9N5O3S/c1-5-3-2-4-6(15(17)18)7(5)8(16)12-10-14-13-9(11)19-10/h2-4H,1H3,(H2,11,13)(H,12,14,16). The average Bonchev–Trinajstić information content (AvgIpc) is 2.74. The van der Waals surface area contributed by atoms with Gasteiger partial charge < -0.3 is 5.73 Å². The predicted octanol–water partition coefficient (Wildman–Crippen LogP) is 1.59. The number of amides is 1. The lowest BCUT2D eigenvalue weighted by Crippen LogP contribution is -2.15. The molecule has 3 N–H and O–H groups in total. The number of nitrogens with zero attached hydrogens (tertiary/aromatic N) is 3. The van der Waals surface area contributed by atoms with E-state index in [4.69, 9.17) is 5.73 Å². The highest BCUT2D eigenvalue weighted by Gasteiger charge is 2.22. The number of anilines is 2. The van der Waals surface area contributed by atoms with Gasteiger partial charge in [0.05, 0.1) is 4.92 Å². The van der Waals surface area contributed by atoms with Gasteiger partial charge in [0, 0.05) is 6.07 Å². The Kier molecular flexibility index (Phi) is 3.38. The first-order chi connectivity index (χ1) is 8.99. The Morgan fingerprint density at radius 2 is 2.21 bits per heavy atom. The van der Waals surface area contributed by atoms with E-state index in [2.05, 4.69) is 15.5 Å². The van der Waals surface area contributed by atoms with Crippen molar-refractivity contribution in [2.24, 2.45) is 0 Å². The van der Waals surface area contributed by atoms with Crippen LogP contribution in [-0.4, -0.2) is 21.0 Å². The number of nitrogen functional groups attached to an aromatic ring is 1. The second kappa shape index (κ2) is 4.98. The number of carbonyl (C=O) groups is 1. The fourth-order valence-corrected chi connectivity index (χ4v) is 2.05. The summed E-state index contributed by atoms with van der Waals surface area (Å²) in [5.41, 5.74) is 5.64. The molecule has 0 fully saturated rings. The molecular formula is C10H9N5O3S. The second-order valence-electron chi connectivity index (χ2n) is 3.63. The normalized spacial score (nSPS) is 10.2. The van der Waals surface area contributed by atoms with Gasteiger partial charge in [-0.25, -0.2) is 0 Å². The molecule has 2 aromatic rings. The number of nitro benzene ring substituents is 1. The minimum Gasteiger partial charge on any atom is -0.374 e. The molecule has 0 spiro atoms. The van der Waals surface area contributed by atoms with Crippen molar-refractivity contribution in [2.75, 3.05) is 11.1 Å². The summed E-state index contributed by atoms with van der Waals surface area (Å²) in [6, 6.07) is 4.42. The summed E-state index contributed by atoms with van der Waals surface area (Å²) in [7, 11) is 0. The van der Waals surface area contributed by atoms with Crippen molar-refractivity contribution in [3.63, 3.8) is 0 Å². The molecule has 9 heteroatoms.